The lowest BCUT2D eigenvalue weighted by atomic mass is 10.2. The molecule has 19 heavy (non-hydrogen) atoms. The summed E-state index contributed by atoms with van der Waals surface area (Å²) in [6, 6.07) is 1.33. The van der Waals surface area contributed by atoms with Crippen molar-refractivity contribution in [2.45, 2.75) is 6.18 Å². The third-order valence-electron chi connectivity index (χ3n) is 2.18. The molecule has 2 aromatic rings. The number of esters is 1. The molecular weight excluding hydrogens is 265 g/mol. The molecule has 0 radical (unpaired) electrons. The van der Waals surface area contributed by atoms with Crippen LogP contribution in [0.15, 0.2) is 18.5 Å². The second-order valence-electron chi connectivity index (χ2n) is 3.45. The van der Waals surface area contributed by atoms with Crippen molar-refractivity contribution in [3.63, 3.8) is 0 Å². The van der Waals surface area contributed by atoms with Gasteiger partial charge >= 0.3 is 12.1 Å². The fourth-order valence-electron chi connectivity index (χ4n) is 1.29. The van der Waals surface area contributed by atoms with Crippen molar-refractivity contribution >= 4 is 5.97 Å². The van der Waals surface area contributed by atoms with E-state index in [0.717, 1.165) is 12.4 Å². The maximum atomic E-state index is 12.3. The Morgan fingerprint density at radius 2 is 1.95 bits per heavy atom. The summed E-state index contributed by atoms with van der Waals surface area (Å²) in [6.45, 7) is 0. The standard InChI is InChI=1S/C10H7F3N4O2/c1-19-8(18)7-2-6(16-17-7)5-3-14-9(15-4-5)10(11,12)13/h2-4H,1H3,(H,16,17). The van der Waals surface area contributed by atoms with Gasteiger partial charge in [0.05, 0.1) is 12.8 Å². The Labute approximate surface area is 104 Å². The van der Waals surface area contributed by atoms with Crippen LogP contribution in [0.1, 0.15) is 16.3 Å². The fourth-order valence-corrected chi connectivity index (χ4v) is 1.29. The average molecular weight is 272 g/mol. The summed E-state index contributed by atoms with van der Waals surface area (Å²) in [5.74, 6) is -1.87. The van der Waals surface area contributed by atoms with E-state index in [0.29, 0.717) is 0 Å². The highest BCUT2D eigenvalue weighted by Crippen LogP contribution is 2.26. The summed E-state index contributed by atoms with van der Waals surface area (Å²) in [4.78, 5) is 17.6. The van der Waals surface area contributed by atoms with Crippen molar-refractivity contribution in [3.8, 4) is 11.3 Å². The van der Waals surface area contributed by atoms with Gasteiger partial charge in [-0.25, -0.2) is 14.8 Å². The van der Waals surface area contributed by atoms with Gasteiger partial charge in [-0.05, 0) is 6.07 Å². The van der Waals surface area contributed by atoms with Gasteiger partial charge in [0.25, 0.3) is 0 Å². The minimum atomic E-state index is -4.60. The summed E-state index contributed by atoms with van der Waals surface area (Å²) >= 11 is 0. The van der Waals surface area contributed by atoms with Crippen molar-refractivity contribution in [2.24, 2.45) is 0 Å². The highest BCUT2D eigenvalue weighted by molar-refractivity contribution is 5.88. The first kappa shape index (κ1) is 13.0. The molecule has 0 aliphatic heterocycles. The Morgan fingerprint density at radius 3 is 2.47 bits per heavy atom. The van der Waals surface area contributed by atoms with Gasteiger partial charge in [-0.3, -0.25) is 5.10 Å². The number of carbonyl (C=O) groups excluding carboxylic acids is 1. The minimum Gasteiger partial charge on any atom is -0.464 e. The molecule has 0 atom stereocenters. The van der Waals surface area contributed by atoms with Crippen molar-refractivity contribution in [1.82, 2.24) is 20.2 Å². The van der Waals surface area contributed by atoms with Crippen LogP contribution < -0.4 is 0 Å². The number of aromatic nitrogens is 4. The number of rotatable bonds is 2. The Bertz CT molecular complexity index is 592. The molecular formula is C10H7F3N4O2. The van der Waals surface area contributed by atoms with E-state index in [9.17, 15) is 18.0 Å². The molecule has 0 aliphatic carbocycles. The number of aromatic amines is 1. The summed E-state index contributed by atoms with van der Waals surface area (Å²) in [5.41, 5.74) is 0.575. The Morgan fingerprint density at radius 1 is 1.32 bits per heavy atom. The number of H-pyrrole nitrogens is 1. The van der Waals surface area contributed by atoms with Crippen LogP contribution in [-0.2, 0) is 10.9 Å². The van der Waals surface area contributed by atoms with Gasteiger partial charge in [0, 0.05) is 18.0 Å². The smallest absolute Gasteiger partial charge is 0.451 e. The predicted octanol–water partition coefficient (Wildman–Crippen LogP) is 1.67. The number of hydrogen-bond donors (Lipinski definition) is 1. The second-order valence-corrected chi connectivity index (χ2v) is 3.45. The van der Waals surface area contributed by atoms with Crippen LogP contribution >= 0.6 is 0 Å². The van der Waals surface area contributed by atoms with Crippen LogP contribution in [0.2, 0.25) is 0 Å². The van der Waals surface area contributed by atoms with Crippen LogP contribution in [-0.4, -0.2) is 33.2 Å². The molecule has 0 amide bonds. The second kappa shape index (κ2) is 4.67. The third kappa shape index (κ3) is 2.69. The van der Waals surface area contributed by atoms with E-state index in [4.69, 9.17) is 0 Å². The molecule has 0 spiro atoms. The third-order valence-corrected chi connectivity index (χ3v) is 2.18. The highest BCUT2D eigenvalue weighted by atomic mass is 19.4. The number of carbonyl (C=O) groups is 1. The zero-order valence-corrected chi connectivity index (χ0v) is 9.52. The zero-order valence-electron chi connectivity index (χ0n) is 9.52. The minimum absolute atomic E-state index is 0.0809. The van der Waals surface area contributed by atoms with Gasteiger partial charge in [0.15, 0.2) is 0 Å². The zero-order chi connectivity index (χ0) is 14.0. The molecule has 0 fully saturated rings. The topological polar surface area (TPSA) is 80.8 Å². The number of methoxy groups -OCH3 is 1. The maximum Gasteiger partial charge on any atom is 0.451 e. The molecule has 0 aliphatic rings. The first-order chi connectivity index (χ1) is 8.91. The molecule has 0 unspecified atom stereocenters. The Balaban J connectivity index is 2.28. The highest BCUT2D eigenvalue weighted by Gasteiger charge is 2.34. The van der Waals surface area contributed by atoms with Crippen LogP contribution in [0, 0.1) is 0 Å². The largest absolute Gasteiger partial charge is 0.464 e. The normalized spacial score (nSPS) is 11.4. The lowest BCUT2D eigenvalue weighted by Crippen LogP contribution is -2.10. The summed E-state index contributed by atoms with van der Waals surface area (Å²) in [7, 11) is 1.20. The number of hydrogen-bond acceptors (Lipinski definition) is 5. The van der Waals surface area contributed by atoms with E-state index in [2.05, 4.69) is 24.9 Å². The lowest BCUT2D eigenvalue weighted by molar-refractivity contribution is -0.144. The maximum absolute atomic E-state index is 12.3. The molecule has 2 rings (SSSR count). The first-order valence-corrected chi connectivity index (χ1v) is 4.95. The van der Waals surface area contributed by atoms with Gasteiger partial charge in [-0.2, -0.15) is 18.3 Å². The number of nitrogens with zero attached hydrogens (tertiary/aromatic N) is 3. The Kier molecular flexibility index (Phi) is 3.19. The molecule has 2 aromatic heterocycles. The van der Waals surface area contributed by atoms with Gasteiger partial charge in [-0.1, -0.05) is 0 Å². The molecule has 100 valence electrons. The van der Waals surface area contributed by atoms with Gasteiger partial charge in [0.2, 0.25) is 5.82 Å². The Hall–Kier alpha value is -2.45. The quantitative estimate of drug-likeness (QED) is 0.841. The summed E-state index contributed by atoms with van der Waals surface area (Å²) in [6.07, 6.45) is -2.64. The number of alkyl halides is 3. The fraction of sp³-hybridized carbons (Fsp3) is 0.200. The van der Waals surface area contributed by atoms with Crippen molar-refractivity contribution in [1.29, 1.82) is 0 Å². The first-order valence-electron chi connectivity index (χ1n) is 4.95. The molecule has 0 saturated heterocycles. The van der Waals surface area contributed by atoms with E-state index in [1.807, 2.05) is 0 Å². The van der Waals surface area contributed by atoms with Gasteiger partial charge in [-0.15, -0.1) is 0 Å². The van der Waals surface area contributed by atoms with Gasteiger partial charge < -0.3 is 4.74 Å². The van der Waals surface area contributed by atoms with E-state index in [1.165, 1.54) is 13.2 Å². The van der Waals surface area contributed by atoms with Crippen LogP contribution in [0.25, 0.3) is 11.3 Å². The van der Waals surface area contributed by atoms with E-state index >= 15 is 0 Å². The molecule has 9 heteroatoms. The average Bonchev–Trinajstić information content (AvgIpc) is 2.86. The summed E-state index contributed by atoms with van der Waals surface area (Å²) in [5, 5.41) is 6.16. The SMILES string of the molecule is COC(=O)c1cc(-c2cnc(C(F)(F)F)nc2)n[nH]1. The van der Waals surface area contributed by atoms with Crippen molar-refractivity contribution in [2.75, 3.05) is 7.11 Å². The number of halogens is 3. The molecule has 0 bridgehead atoms. The van der Waals surface area contributed by atoms with E-state index in [-0.39, 0.29) is 17.0 Å². The molecule has 0 aromatic carbocycles. The summed E-state index contributed by atoms with van der Waals surface area (Å²) < 4.78 is 41.3. The molecule has 6 nitrogen and oxygen atoms in total. The van der Waals surface area contributed by atoms with Crippen LogP contribution in [0.3, 0.4) is 0 Å². The van der Waals surface area contributed by atoms with Crippen molar-refractivity contribution < 1.29 is 22.7 Å². The monoisotopic (exact) mass is 272 g/mol. The van der Waals surface area contributed by atoms with Crippen LogP contribution in [0.4, 0.5) is 13.2 Å². The number of nitrogens with one attached hydrogen (secondary N) is 1. The number of ether oxygens (including phenoxy) is 1. The molecule has 0 saturated carbocycles. The predicted molar refractivity (Wildman–Crippen MR) is 56.0 cm³/mol. The lowest BCUT2D eigenvalue weighted by Gasteiger charge is -2.03. The van der Waals surface area contributed by atoms with Crippen LogP contribution in [0.5, 0.6) is 0 Å². The van der Waals surface area contributed by atoms with E-state index in [1.54, 1.807) is 0 Å². The van der Waals surface area contributed by atoms with E-state index < -0.39 is 18.0 Å². The molecule has 2 heterocycles. The molecule has 1 N–H and O–H groups in total. The van der Waals surface area contributed by atoms with Crippen molar-refractivity contribution in [3.05, 3.63) is 30.0 Å². The van der Waals surface area contributed by atoms with Gasteiger partial charge in [0.1, 0.15) is 5.69 Å².